The van der Waals surface area contributed by atoms with Crippen molar-refractivity contribution in [3.05, 3.63) is 94.0 Å². The third-order valence-electron chi connectivity index (χ3n) is 4.30. The summed E-state index contributed by atoms with van der Waals surface area (Å²) in [5.74, 6) is -2.13. The van der Waals surface area contributed by atoms with E-state index in [4.69, 9.17) is 11.6 Å². The lowest BCUT2D eigenvalue weighted by Gasteiger charge is -2.11. The zero-order valence-electron chi connectivity index (χ0n) is 15.7. The summed E-state index contributed by atoms with van der Waals surface area (Å²) in [7, 11) is -4.04. The van der Waals surface area contributed by atoms with Crippen molar-refractivity contribution in [2.24, 2.45) is 0 Å². The normalized spacial score (nSPS) is 11.3. The Labute approximate surface area is 177 Å². The molecule has 0 spiro atoms. The number of hydrogen-bond acceptors (Lipinski definition) is 3. The van der Waals surface area contributed by atoms with Crippen LogP contribution in [-0.4, -0.2) is 14.3 Å². The van der Waals surface area contributed by atoms with Crippen molar-refractivity contribution >= 4 is 33.2 Å². The van der Waals surface area contributed by atoms with Gasteiger partial charge >= 0.3 is 0 Å². The van der Waals surface area contributed by atoms with E-state index in [0.717, 1.165) is 23.8 Å². The van der Waals surface area contributed by atoms with Gasteiger partial charge in [0.15, 0.2) is 0 Å². The average molecular weight is 451 g/mol. The van der Waals surface area contributed by atoms with Crippen LogP contribution in [0.3, 0.4) is 0 Å². The van der Waals surface area contributed by atoms with Crippen molar-refractivity contribution in [2.75, 3.05) is 5.32 Å². The number of anilines is 1. The molecule has 0 bridgehead atoms. The third kappa shape index (κ3) is 5.21. The van der Waals surface area contributed by atoms with Gasteiger partial charge in [0.05, 0.1) is 10.5 Å². The molecule has 3 aromatic carbocycles. The predicted octanol–water partition coefficient (Wildman–Crippen LogP) is 4.66. The van der Waals surface area contributed by atoms with Crippen LogP contribution in [0.25, 0.3) is 0 Å². The quantitative estimate of drug-likeness (QED) is 0.573. The summed E-state index contributed by atoms with van der Waals surface area (Å²) in [6.45, 7) is 1.70. The van der Waals surface area contributed by atoms with Crippen LogP contribution in [0.5, 0.6) is 0 Å². The Morgan fingerprint density at radius 2 is 1.70 bits per heavy atom. The molecule has 0 unspecified atom stereocenters. The lowest BCUT2D eigenvalue weighted by molar-refractivity contribution is 0.102. The van der Waals surface area contributed by atoms with E-state index >= 15 is 0 Å². The molecule has 156 valence electrons. The van der Waals surface area contributed by atoms with Crippen LogP contribution >= 0.6 is 11.6 Å². The van der Waals surface area contributed by atoms with Gasteiger partial charge in [-0.3, -0.25) is 4.79 Å². The second-order valence-corrected chi connectivity index (χ2v) is 8.68. The molecule has 0 aliphatic heterocycles. The minimum Gasteiger partial charge on any atom is -0.322 e. The summed E-state index contributed by atoms with van der Waals surface area (Å²) in [4.78, 5) is 12.2. The average Bonchev–Trinajstić information content (AvgIpc) is 2.70. The van der Waals surface area contributed by atoms with Gasteiger partial charge in [0, 0.05) is 17.3 Å². The minimum absolute atomic E-state index is 0.0939. The Kier molecular flexibility index (Phi) is 6.50. The van der Waals surface area contributed by atoms with Crippen molar-refractivity contribution in [1.82, 2.24) is 4.72 Å². The summed E-state index contributed by atoms with van der Waals surface area (Å²) in [5.41, 5.74) is 1.26. The van der Waals surface area contributed by atoms with Gasteiger partial charge < -0.3 is 5.32 Å². The number of rotatable bonds is 6. The molecule has 30 heavy (non-hydrogen) atoms. The third-order valence-corrected chi connectivity index (χ3v) is 6.11. The maximum absolute atomic E-state index is 14.2. The molecule has 0 atom stereocenters. The van der Waals surface area contributed by atoms with Crippen LogP contribution in [0.15, 0.2) is 65.6 Å². The Morgan fingerprint density at radius 3 is 2.37 bits per heavy atom. The fourth-order valence-corrected chi connectivity index (χ4v) is 3.80. The second-order valence-electron chi connectivity index (χ2n) is 6.51. The first kappa shape index (κ1) is 21.9. The fraction of sp³-hybridized carbons (Fsp3) is 0.0952. The molecule has 0 heterocycles. The second kappa shape index (κ2) is 8.91. The summed E-state index contributed by atoms with van der Waals surface area (Å²) < 4.78 is 54.6. The molecule has 0 fully saturated rings. The summed E-state index contributed by atoms with van der Waals surface area (Å²) >= 11 is 6.02. The molecule has 3 rings (SSSR count). The van der Waals surface area contributed by atoms with E-state index < -0.39 is 33.1 Å². The van der Waals surface area contributed by atoms with Crippen LogP contribution in [-0.2, 0) is 16.6 Å². The molecular formula is C21H17ClF2N2O3S. The SMILES string of the molecule is Cc1ccc(NC(=O)c2cc(S(=O)(=O)NCc3ccc(F)cc3)ccc2F)cc1Cl. The van der Waals surface area contributed by atoms with Crippen LogP contribution < -0.4 is 10.0 Å². The van der Waals surface area contributed by atoms with Gasteiger partial charge in [-0.05, 0) is 60.5 Å². The van der Waals surface area contributed by atoms with Crippen molar-refractivity contribution in [3.8, 4) is 0 Å². The van der Waals surface area contributed by atoms with E-state index in [-0.39, 0.29) is 11.4 Å². The van der Waals surface area contributed by atoms with Crippen LogP contribution in [0, 0.1) is 18.6 Å². The van der Waals surface area contributed by atoms with E-state index in [1.807, 2.05) is 0 Å². The van der Waals surface area contributed by atoms with E-state index in [0.29, 0.717) is 16.3 Å². The zero-order chi connectivity index (χ0) is 21.9. The Hall–Kier alpha value is -2.81. The number of hydrogen-bond donors (Lipinski definition) is 2. The van der Waals surface area contributed by atoms with Crippen molar-refractivity contribution < 1.29 is 22.0 Å². The first-order valence-corrected chi connectivity index (χ1v) is 10.6. The number of benzene rings is 3. The van der Waals surface area contributed by atoms with Gasteiger partial charge in [-0.15, -0.1) is 0 Å². The Balaban J connectivity index is 1.79. The predicted molar refractivity (Wildman–Crippen MR) is 111 cm³/mol. The number of aryl methyl sites for hydroxylation is 1. The molecule has 0 saturated heterocycles. The van der Waals surface area contributed by atoms with Gasteiger partial charge in [0.1, 0.15) is 11.6 Å². The van der Waals surface area contributed by atoms with E-state index in [9.17, 15) is 22.0 Å². The standard InChI is InChI=1S/C21H17ClF2N2O3S/c1-13-2-7-16(10-19(13)22)26-21(27)18-11-17(8-9-20(18)24)30(28,29)25-12-14-3-5-15(23)6-4-14/h2-11,25H,12H2,1H3,(H,26,27). The highest BCUT2D eigenvalue weighted by atomic mass is 35.5. The molecule has 0 aliphatic rings. The summed E-state index contributed by atoms with van der Waals surface area (Å²) in [6.07, 6.45) is 0. The molecule has 9 heteroatoms. The first-order chi connectivity index (χ1) is 14.2. The van der Waals surface area contributed by atoms with E-state index in [2.05, 4.69) is 10.0 Å². The highest BCUT2D eigenvalue weighted by Gasteiger charge is 2.20. The number of carbonyl (C=O) groups excluding carboxylic acids is 1. The topological polar surface area (TPSA) is 75.3 Å². The minimum atomic E-state index is -4.04. The van der Waals surface area contributed by atoms with Gasteiger partial charge in [0.2, 0.25) is 10.0 Å². The largest absolute Gasteiger partial charge is 0.322 e. The highest BCUT2D eigenvalue weighted by molar-refractivity contribution is 7.89. The number of amides is 1. The van der Waals surface area contributed by atoms with Crippen LogP contribution in [0.4, 0.5) is 14.5 Å². The molecule has 5 nitrogen and oxygen atoms in total. The lowest BCUT2D eigenvalue weighted by atomic mass is 10.2. The maximum Gasteiger partial charge on any atom is 0.258 e. The van der Waals surface area contributed by atoms with Gasteiger partial charge in [-0.25, -0.2) is 21.9 Å². The molecule has 3 aromatic rings. The van der Waals surface area contributed by atoms with E-state index in [1.54, 1.807) is 19.1 Å². The van der Waals surface area contributed by atoms with Crippen molar-refractivity contribution in [3.63, 3.8) is 0 Å². The summed E-state index contributed by atoms with van der Waals surface area (Å²) in [6, 6.07) is 13.0. The molecule has 0 aromatic heterocycles. The Bertz CT molecular complexity index is 1200. The van der Waals surface area contributed by atoms with Crippen molar-refractivity contribution in [1.29, 1.82) is 0 Å². The molecule has 0 radical (unpaired) electrons. The van der Waals surface area contributed by atoms with Crippen LogP contribution in [0.2, 0.25) is 5.02 Å². The molecule has 1 amide bonds. The lowest BCUT2D eigenvalue weighted by Crippen LogP contribution is -2.24. The number of sulfonamides is 1. The van der Waals surface area contributed by atoms with Gasteiger partial charge in [0.25, 0.3) is 5.91 Å². The fourth-order valence-electron chi connectivity index (χ4n) is 2.58. The molecule has 2 N–H and O–H groups in total. The van der Waals surface area contributed by atoms with E-state index in [1.165, 1.54) is 30.3 Å². The smallest absolute Gasteiger partial charge is 0.258 e. The highest BCUT2D eigenvalue weighted by Crippen LogP contribution is 2.22. The monoisotopic (exact) mass is 450 g/mol. The molecule has 0 saturated carbocycles. The first-order valence-electron chi connectivity index (χ1n) is 8.77. The number of halogens is 3. The van der Waals surface area contributed by atoms with Gasteiger partial charge in [-0.1, -0.05) is 29.8 Å². The summed E-state index contributed by atoms with van der Waals surface area (Å²) in [5, 5.41) is 2.92. The number of nitrogens with one attached hydrogen (secondary N) is 2. The zero-order valence-corrected chi connectivity index (χ0v) is 17.3. The Morgan fingerprint density at radius 1 is 1.00 bits per heavy atom. The van der Waals surface area contributed by atoms with Gasteiger partial charge in [-0.2, -0.15) is 0 Å². The molecular weight excluding hydrogens is 434 g/mol. The molecule has 0 aliphatic carbocycles. The number of carbonyl (C=O) groups is 1. The van der Waals surface area contributed by atoms with Crippen LogP contribution in [0.1, 0.15) is 21.5 Å². The maximum atomic E-state index is 14.2. The van der Waals surface area contributed by atoms with Crippen molar-refractivity contribution in [2.45, 2.75) is 18.4 Å².